The zero-order chi connectivity index (χ0) is 15.5. The van der Waals surface area contributed by atoms with Gasteiger partial charge in [-0.15, -0.1) is 0 Å². The molecule has 0 fully saturated rings. The fraction of sp³-hybridized carbons (Fsp3) is 0.769. The van der Waals surface area contributed by atoms with Crippen molar-refractivity contribution in [3.05, 3.63) is 0 Å². The number of carbonyl (C=O) groups is 2. The van der Waals surface area contributed by atoms with Gasteiger partial charge in [-0.05, 0) is 5.92 Å². The summed E-state index contributed by atoms with van der Waals surface area (Å²) < 4.78 is 4.93. The molecule has 0 saturated heterocycles. The largest absolute Gasteiger partial charge is 0.480 e. The lowest BCUT2D eigenvalue weighted by atomic mass is 10.2. The van der Waals surface area contributed by atoms with Gasteiger partial charge in [0.05, 0.1) is 19.1 Å². The van der Waals surface area contributed by atoms with E-state index >= 15 is 0 Å². The van der Waals surface area contributed by atoms with Gasteiger partial charge in [0.2, 0.25) is 0 Å². The predicted molar refractivity (Wildman–Crippen MR) is 73.1 cm³/mol. The molecule has 0 radical (unpaired) electrons. The minimum atomic E-state index is -1.05. The van der Waals surface area contributed by atoms with E-state index in [1.807, 2.05) is 19.9 Å². The minimum absolute atomic E-state index is 0.165. The van der Waals surface area contributed by atoms with Crippen LogP contribution in [-0.4, -0.2) is 66.8 Å². The van der Waals surface area contributed by atoms with E-state index in [-0.39, 0.29) is 31.5 Å². The Bertz CT molecular complexity index is 352. The number of ether oxygens (including phenoxy) is 1. The van der Waals surface area contributed by atoms with Crippen molar-refractivity contribution in [3.8, 4) is 6.07 Å². The second kappa shape index (κ2) is 10.0. The highest BCUT2D eigenvalue weighted by Crippen LogP contribution is 2.05. The van der Waals surface area contributed by atoms with Crippen molar-refractivity contribution in [3.63, 3.8) is 0 Å². The van der Waals surface area contributed by atoms with Gasteiger partial charge in [-0.1, -0.05) is 13.8 Å². The van der Waals surface area contributed by atoms with Crippen LogP contribution in [0.1, 0.15) is 20.3 Å². The Labute approximate surface area is 119 Å². The fourth-order valence-electron chi connectivity index (χ4n) is 1.70. The van der Waals surface area contributed by atoms with Gasteiger partial charge < -0.3 is 19.6 Å². The number of urea groups is 1. The number of carboxylic acid groups (broad SMARTS) is 1. The number of carbonyl (C=O) groups excluding carboxylic acids is 1. The SMILES string of the molecule is COCCN(CCC#N)C(=O)N(CC(=O)O)CC(C)C. The molecule has 0 rings (SSSR count). The van der Waals surface area contributed by atoms with Crippen molar-refractivity contribution >= 4 is 12.0 Å². The second-order valence-electron chi connectivity index (χ2n) is 4.84. The molecule has 20 heavy (non-hydrogen) atoms. The maximum Gasteiger partial charge on any atom is 0.323 e. The van der Waals surface area contributed by atoms with Crippen molar-refractivity contribution < 1.29 is 19.4 Å². The molecule has 0 unspecified atom stereocenters. The third-order valence-electron chi connectivity index (χ3n) is 2.51. The fourth-order valence-corrected chi connectivity index (χ4v) is 1.70. The molecule has 7 heteroatoms. The lowest BCUT2D eigenvalue weighted by Gasteiger charge is -2.30. The number of nitriles is 1. The van der Waals surface area contributed by atoms with E-state index in [2.05, 4.69) is 0 Å². The molecule has 0 aliphatic heterocycles. The van der Waals surface area contributed by atoms with Crippen molar-refractivity contribution in [2.24, 2.45) is 5.92 Å². The number of hydrogen-bond acceptors (Lipinski definition) is 4. The summed E-state index contributed by atoms with van der Waals surface area (Å²) in [6, 6.07) is 1.61. The first-order valence-corrected chi connectivity index (χ1v) is 6.53. The Morgan fingerprint density at radius 2 is 1.95 bits per heavy atom. The second-order valence-corrected chi connectivity index (χ2v) is 4.84. The van der Waals surface area contributed by atoms with Crippen LogP contribution in [0.2, 0.25) is 0 Å². The zero-order valence-corrected chi connectivity index (χ0v) is 12.3. The van der Waals surface area contributed by atoms with E-state index < -0.39 is 5.97 Å². The summed E-state index contributed by atoms with van der Waals surface area (Å²) in [6.45, 7) is 4.81. The Balaban J connectivity index is 4.81. The van der Waals surface area contributed by atoms with Crippen LogP contribution in [0.3, 0.4) is 0 Å². The summed E-state index contributed by atoms with van der Waals surface area (Å²) in [5, 5.41) is 17.5. The smallest absolute Gasteiger partial charge is 0.323 e. The topological polar surface area (TPSA) is 93.9 Å². The average molecular weight is 285 g/mol. The van der Waals surface area contributed by atoms with Gasteiger partial charge in [0.15, 0.2) is 0 Å². The highest BCUT2D eigenvalue weighted by atomic mass is 16.5. The molecule has 0 spiro atoms. The van der Waals surface area contributed by atoms with Gasteiger partial charge >= 0.3 is 12.0 Å². The maximum atomic E-state index is 12.3. The molecule has 7 nitrogen and oxygen atoms in total. The van der Waals surface area contributed by atoms with Crippen LogP contribution in [-0.2, 0) is 9.53 Å². The van der Waals surface area contributed by atoms with Gasteiger partial charge in [-0.2, -0.15) is 5.26 Å². The normalized spacial score (nSPS) is 10.2. The molecule has 0 heterocycles. The lowest BCUT2D eigenvalue weighted by molar-refractivity contribution is -0.137. The molecule has 0 aliphatic carbocycles. The molecule has 1 N–H and O–H groups in total. The Hall–Kier alpha value is -1.81. The number of amides is 2. The van der Waals surface area contributed by atoms with Gasteiger partial charge in [-0.3, -0.25) is 4.79 Å². The third kappa shape index (κ3) is 7.59. The van der Waals surface area contributed by atoms with Crippen molar-refractivity contribution in [1.29, 1.82) is 5.26 Å². The molecule has 0 saturated carbocycles. The van der Waals surface area contributed by atoms with E-state index in [9.17, 15) is 9.59 Å². The average Bonchev–Trinajstić information content (AvgIpc) is 2.36. The van der Waals surface area contributed by atoms with E-state index in [0.29, 0.717) is 19.7 Å². The molecule has 0 aliphatic rings. The summed E-state index contributed by atoms with van der Waals surface area (Å²) in [5.41, 5.74) is 0. The van der Waals surface area contributed by atoms with Crippen LogP contribution < -0.4 is 0 Å². The molecule has 0 aromatic rings. The molecular formula is C13H23N3O4. The Morgan fingerprint density at radius 1 is 1.30 bits per heavy atom. The Morgan fingerprint density at radius 3 is 2.40 bits per heavy atom. The number of aliphatic carboxylic acids is 1. The zero-order valence-electron chi connectivity index (χ0n) is 12.3. The number of hydrogen-bond donors (Lipinski definition) is 1. The van der Waals surface area contributed by atoms with Gasteiger partial charge in [0.25, 0.3) is 0 Å². The van der Waals surface area contributed by atoms with Crippen LogP contribution in [0, 0.1) is 17.2 Å². The van der Waals surface area contributed by atoms with Gasteiger partial charge in [-0.25, -0.2) is 4.79 Å². The number of methoxy groups -OCH3 is 1. The molecule has 2 amide bonds. The van der Waals surface area contributed by atoms with Crippen LogP contribution in [0.15, 0.2) is 0 Å². The molecule has 114 valence electrons. The summed E-state index contributed by atoms with van der Waals surface area (Å²) in [7, 11) is 1.52. The predicted octanol–water partition coefficient (Wildman–Crippen LogP) is 1.01. The molecular weight excluding hydrogens is 262 g/mol. The van der Waals surface area contributed by atoms with Crippen LogP contribution in [0.4, 0.5) is 4.79 Å². The third-order valence-corrected chi connectivity index (χ3v) is 2.51. The quantitative estimate of drug-likeness (QED) is 0.682. The van der Waals surface area contributed by atoms with Crippen LogP contribution >= 0.6 is 0 Å². The number of rotatable bonds is 9. The summed E-state index contributed by atoms with van der Waals surface area (Å²) in [4.78, 5) is 26.0. The summed E-state index contributed by atoms with van der Waals surface area (Å²) >= 11 is 0. The summed E-state index contributed by atoms with van der Waals surface area (Å²) in [5.74, 6) is -0.885. The molecule has 0 aromatic carbocycles. The van der Waals surface area contributed by atoms with Crippen LogP contribution in [0.25, 0.3) is 0 Å². The highest BCUT2D eigenvalue weighted by molar-refractivity contribution is 5.80. The minimum Gasteiger partial charge on any atom is -0.480 e. The van der Waals surface area contributed by atoms with E-state index in [4.69, 9.17) is 15.1 Å². The first kappa shape index (κ1) is 18.2. The summed E-state index contributed by atoms with van der Waals surface area (Å²) in [6.07, 6.45) is 0.206. The lowest BCUT2D eigenvalue weighted by Crippen LogP contribution is -2.48. The number of nitrogens with zero attached hydrogens (tertiary/aromatic N) is 3. The molecule has 0 bridgehead atoms. The first-order chi connectivity index (χ1) is 9.42. The van der Waals surface area contributed by atoms with E-state index in [1.165, 1.54) is 16.9 Å². The Kier molecular flexibility index (Phi) is 9.13. The standard InChI is InChI=1S/C13H23N3O4/c1-11(2)9-16(10-12(17)18)13(19)15(6-4-5-14)7-8-20-3/h11H,4,6-10H2,1-3H3,(H,17,18). The van der Waals surface area contributed by atoms with E-state index in [0.717, 1.165) is 0 Å². The van der Waals surface area contributed by atoms with Gasteiger partial charge in [0.1, 0.15) is 6.54 Å². The van der Waals surface area contributed by atoms with Crippen molar-refractivity contribution in [2.75, 3.05) is 39.9 Å². The molecule has 0 atom stereocenters. The first-order valence-electron chi connectivity index (χ1n) is 6.53. The highest BCUT2D eigenvalue weighted by Gasteiger charge is 2.23. The van der Waals surface area contributed by atoms with Crippen molar-refractivity contribution in [1.82, 2.24) is 9.80 Å². The van der Waals surface area contributed by atoms with Crippen LogP contribution in [0.5, 0.6) is 0 Å². The number of carboxylic acids is 1. The maximum absolute atomic E-state index is 12.3. The van der Waals surface area contributed by atoms with Crippen molar-refractivity contribution in [2.45, 2.75) is 20.3 Å². The van der Waals surface area contributed by atoms with Gasteiger partial charge in [0, 0.05) is 26.7 Å². The molecule has 0 aromatic heterocycles. The van der Waals surface area contributed by atoms with E-state index in [1.54, 1.807) is 0 Å². The monoisotopic (exact) mass is 285 g/mol.